The minimum absolute atomic E-state index is 0.0451. The van der Waals surface area contributed by atoms with Gasteiger partial charge in [-0.15, -0.1) is 0 Å². The predicted octanol–water partition coefficient (Wildman–Crippen LogP) is 1.37. The molecule has 0 aromatic heterocycles. The molecular formula is C10H16O2. The maximum Gasteiger partial charge on any atom is 0.141 e. The lowest BCUT2D eigenvalue weighted by Crippen LogP contribution is -2.34. The molecule has 3 unspecified atom stereocenters. The Balaban J connectivity index is 2.13. The average molecular weight is 168 g/mol. The Labute approximate surface area is 73.0 Å². The first-order chi connectivity index (χ1) is 5.68. The summed E-state index contributed by atoms with van der Waals surface area (Å²) in [4.78, 5) is 11.7. The van der Waals surface area contributed by atoms with Crippen molar-refractivity contribution in [1.29, 1.82) is 0 Å². The number of carbonyl (C=O) groups is 1. The van der Waals surface area contributed by atoms with Crippen molar-refractivity contribution in [3.05, 3.63) is 0 Å². The van der Waals surface area contributed by atoms with E-state index in [4.69, 9.17) is 0 Å². The van der Waals surface area contributed by atoms with Gasteiger partial charge < -0.3 is 5.11 Å². The summed E-state index contributed by atoms with van der Waals surface area (Å²) < 4.78 is 0. The standard InChI is InChI=1S/C10H16O2/c1-6(11)9-5-7-2-3-8(4-7)10(9)12/h6-9,11H,2-5H2,1H3/t6-,7?,8?,9?/m0/s1. The largest absolute Gasteiger partial charge is 0.393 e. The van der Waals surface area contributed by atoms with E-state index in [0.29, 0.717) is 11.7 Å². The summed E-state index contributed by atoms with van der Waals surface area (Å²) in [6.07, 6.45) is 3.89. The van der Waals surface area contributed by atoms with E-state index in [0.717, 1.165) is 25.2 Å². The predicted molar refractivity (Wildman–Crippen MR) is 45.6 cm³/mol. The summed E-state index contributed by atoms with van der Waals surface area (Å²) in [5, 5.41) is 9.39. The van der Waals surface area contributed by atoms with Crippen LogP contribution in [0.15, 0.2) is 0 Å². The van der Waals surface area contributed by atoms with Gasteiger partial charge in [0.05, 0.1) is 6.10 Å². The van der Waals surface area contributed by atoms with Crippen LogP contribution < -0.4 is 0 Å². The molecule has 0 radical (unpaired) electrons. The topological polar surface area (TPSA) is 37.3 Å². The van der Waals surface area contributed by atoms with Crippen LogP contribution >= 0.6 is 0 Å². The molecular weight excluding hydrogens is 152 g/mol. The summed E-state index contributed by atoms with van der Waals surface area (Å²) in [6, 6.07) is 0. The molecule has 2 rings (SSSR count). The highest BCUT2D eigenvalue weighted by atomic mass is 16.3. The second kappa shape index (κ2) is 2.84. The number of fused-ring (bicyclic) bond motifs is 2. The van der Waals surface area contributed by atoms with E-state index < -0.39 is 6.10 Å². The molecule has 0 aromatic carbocycles. The molecule has 12 heavy (non-hydrogen) atoms. The molecule has 1 N–H and O–H groups in total. The molecule has 0 amide bonds. The van der Waals surface area contributed by atoms with E-state index in [1.54, 1.807) is 6.92 Å². The van der Waals surface area contributed by atoms with Crippen LogP contribution in [-0.4, -0.2) is 17.0 Å². The fraction of sp³-hybridized carbons (Fsp3) is 0.900. The van der Waals surface area contributed by atoms with Crippen LogP contribution in [0.1, 0.15) is 32.6 Å². The Kier molecular flexibility index (Phi) is 1.95. The number of carbonyl (C=O) groups excluding carboxylic acids is 1. The van der Waals surface area contributed by atoms with E-state index in [9.17, 15) is 9.90 Å². The Morgan fingerprint density at radius 1 is 1.42 bits per heavy atom. The Morgan fingerprint density at radius 3 is 2.83 bits per heavy atom. The highest BCUT2D eigenvalue weighted by Gasteiger charge is 2.42. The number of hydrogen-bond donors (Lipinski definition) is 1. The molecule has 2 bridgehead atoms. The molecule has 0 spiro atoms. The highest BCUT2D eigenvalue weighted by Crippen LogP contribution is 2.43. The number of rotatable bonds is 1. The Morgan fingerprint density at radius 2 is 2.17 bits per heavy atom. The molecule has 0 aromatic rings. The lowest BCUT2D eigenvalue weighted by atomic mass is 9.77. The van der Waals surface area contributed by atoms with Gasteiger partial charge in [-0.05, 0) is 38.5 Å². The minimum atomic E-state index is -0.430. The maximum absolute atomic E-state index is 11.7. The maximum atomic E-state index is 11.7. The van der Waals surface area contributed by atoms with Gasteiger partial charge in [-0.3, -0.25) is 4.79 Å². The van der Waals surface area contributed by atoms with Crippen LogP contribution in [0, 0.1) is 17.8 Å². The SMILES string of the molecule is C[C@H](O)C1CC2CCC(C2)C1=O. The molecule has 0 saturated heterocycles. The molecule has 2 nitrogen and oxygen atoms in total. The van der Waals surface area contributed by atoms with Gasteiger partial charge in [0, 0.05) is 11.8 Å². The van der Waals surface area contributed by atoms with Crippen molar-refractivity contribution in [2.24, 2.45) is 17.8 Å². The molecule has 2 heteroatoms. The van der Waals surface area contributed by atoms with Gasteiger partial charge >= 0.3 is 0 Å². The molecule has 68 valence electrons. The van der Waals surface area contributed by atoms with E-state index in [-0.39, 0.29) is 5.92 Å². The quantitative estimate of drug-likeness (QED) is 0.642. The van der Waals surface area contributed by atoms with Crippen molar-refractivity contribution in [3.8, 4) is 0 Å². The van der Waals surface area contributed by atoms with Crippen molar-refractivity contribution in [3.63, 3.8) is 0 Å². The third-order valence-electron chi connectivity index (χ3n) is 3.48. The van der Waals surface area contributed by atoms with Crippen LogP contribution in [0.3, 0.4) is 0 Å². The van der Waals surface area contributed by atoms with Gasteiger partial charge in [0.25, 0.3) is 0 Å². The smallest absolute Gasteiger partial charge is 0.141 e. The highest BCUT2D eigenvalue weighted by molar-refractivity contribution is 5.85. The van der Waals surface area contributed by atoms with Crippen LogP contribution in [0.5, 0.6) is 0 Å². The summed E-state index contributed by atoms with van der Waals surface area (Å²) in [6.45, 7) is 1.74. The number of hydrogen-bond acceptors (Lipinski definition) is 2. The van der Waals surface area contributed by atoms with Crippen LogP contribution in [0.2, 0.25) is 0 Å². The monoisotopic (exact) mass is 168 g/mol. The van der Waals surface area contributed by atoms with Crippen molar-refractivity contribution < 1.29 is 9.90 Å². The average Bonchev–Trinajstić information content (AvgIpc) is 2.41. The first-order valence-electron chi connectivity index (χ1n) is 4.90. The van der Waals surface area contributed by atoms with Gasteiger partial charge in [-0.2, -0.15) is 0 Å². The lowest BCUT2D eigenvalue weighted by molar-refractivity contribution is -0.132. The normalized spacial score (nSPS) is 43.2. The molecule has 0 heterocycles. The van der Waals surface area contributed by atoms with Crippen molar-refractivity contribution >= 4 is 5.78 Å². The summed E-state index contributed by atoms with van der Waals surface area (Å²) in [7, 11) is 0. The van der Waals surface area contributed by atoms with Crippen molar-refractivity contribution in [2.45, 2.75) is 38.7 Å². The second-order valence-corrected chi connectivity index (χ2v) is 4.36. The summed E-state index contributed by atoms with van der Waals surface area (Å²) in [5.74, 6) is 1.31. The number of aliphatic hydroxyl groups excluding tert-OH is 1. The fourth-order valence-corrected chi connectivity index (χ4v) is 2.76. The third-order valence-corrected chi connectivity index (χ3v) is 3.48. The zero-order valence-electron chi connectivity index (χ0n) is 7.49. The molecule has 2 aliphatic rings. The van der Waals surface area contributed by atoms with E-state index in [1.807, 2.05) is 0 Å². The number of Topliss-reactive ketones (excluding diaryl/α,β-unsaturated/α-hetero) is 1. The van der Waals surface area contributed by atoms with Gasteiger partial charge in [-0.25, -0.2) is 0 Å². The third kappa shape index (κ3) is 1.18. The lowest BCUT2D eigenvalue weighted by Gasteiger charge is -2.28. The van der Waals surface area contributed by atoms with Gasteiger partial charge in [0.1, 0.15) is 5.78 Å². The molecule has 2 aliphatic carbocycles. The molecule has 0 aliphatic heterocycles. The summed E-state index contributed by atoms with van der Waals surface area (Å²) in [5.41, 5.74) is 0. The fourth-order valence-electron chi connectivity index (χ4n) is 2.76. The van der Waals surface area contributed by atoms with E-state index in [2.05, 4.69) is 0 Å². The Hall–Kier alpha value is -0.370. The zero-order valence-corrected chi connectivity index (χ0v) is 7.49. The van der Waals surface area contributed by atoms with Crippen molar-refractivity contribution in [2.75, 3.05) is 0 Å². The second-order valence-electron chi connectivity index (χ2n) is 4.36. The van der Waals surface area contributed by atoms with E-state index >= 15 is 0 Å². The van der Waals surface area contributed by atoms with Crippen LogP contribution in [0.4, 0.5) is 0 Å². The minimum Gasteiger partial charge on any atom is -0.393 e. The molecule has 4 atom stereocenters. The van der Waals surface area contributed by atoms with Gasteiger partial charge in [-0.1, -0.05) is 0 Å². The van der Waals surface area contributed by atoms with Crippen LogP contribution in [0.25, 0.3) is 0 Å². The molecule has 2 saturated carbocycles. The van der Waals surface area contributed by atoms with E-state index in [1.165, 1.54) is 6.42 Å². The van der Waals surface area contributed by atoms with Crippen molar-refractivity contribution in [1.82, 2.24) is 0 Å². The molecule has 2 fully saturated rings. The first kappa shape index (κ1) is 8.24. The Bertz CT molecular complexity index is 198. The van der Waals surface area contributed by atoms with Gasteiger partial charge in [0.2, 0.25) is 0 Å². The first-order valence-corrected chi connectivity index (χ1v) is 4.90. The summed E-state index contributed by atoms with van der Waals surface area (Å²) >= 11 is 0. The number of aliphatic hydroxyl groups is 1. The van der Waals surface area contributed by atoms with Crippen LogP contribution in [-0.2, 0) is 4.79 Å². The van der Waals surface area contributed by atoms with Gasteiger partial charge in [0.15, 0.2) is 0 Å². The number of ketones is 1. The zero-order chi connectivity index (χ0) is 8.72.